The van der Waals surface area contributed by atoms with E-state index < -0.39 is 23.3 Å². The van der Waals surface area contributed by atoms with Gasteiger partial charge in [-0.3, -0.25) is 4.79 Å². The number of halogens is 3. The summed E-state index contributed by atoms with van der Waals surface area (Å²) < 4.78 is 34.9. The molecule has 1 aromatic carbocycles. The van der Waals surface area contributed by atoms with E-state index in [1.54, 1.807) is 0 Å². The molecule has 1 amide bonds. The summed E-state index contributed by atoms with van der Waals surface area (Å²) in [5.41, 5.74) is 0.505. The van der Waals surface area contributed by atoms with Crippen molar-refractivity contribution < 1.29 is 28.0 Å². The highest BCUT2D eigenvalue weighted by atomic mass is 35.5. The lowest BCUT2D eigenvalue weighted by Crippen LogP contribution is -2.20. The molecule has 0 aliphatic heterocycles. The smallest absolute Gasteiger partial charge is 0.408 e. The summed E-state index contributed by atoms with van der Waals surface area (Å²) in [5, 5.41) is 16.8. The molecule has 0 radical (unpaired) electrons. The van der Waals surface area contributed by atoms with Gasteiger partial charge in [0.05, 0.1) is 17.9 Å². The van der Waals surface area contributed by atoms with Crippen molar-refractivity contribution in [2.24, 2.45) is 0 Å². The number of methoxy groups -OCH3 is 1. The number of aromatic nitrogens is 2. The van der Waals surface area contributed by atoms with E-state index in [4.69, 9.17) is 16.3 Å². The maximum Gasteiger partial charge on any atom is 0.408 e. The molecule has 1 aromatic heterocycles. The second-order valence-electron chi connectivity index (χ2n) is 4.93. The largest absolute Gasteiger partial charge is 0.493 e. The first-order chi connectivity index (χ1) is 12.2. The minimum atomic E-state index is -3.02. The van der Waals surface area contributed by atoms with Gasteiger partial charge in [0.2, 0.25) is 5.91 Å². The zero-order valence-electron chi connectivity index (χ0n) is 13.5. The van der Waals surface area contributed by atoms with Gasteiger partial charge in [-0.2, -0.15) is 13.5 Å². The third kappa shape index (κ3) is 4.36. The molecule has 9 nitrogen and oxygen atoms in total. The Morgan fingerprint density at radius 2 is 2.15 bits per heavy atom. The van der Waals surface area contributed by atoms with E-state index in [0.717, 1.165) is 4.68 Å². The number of alkyl halides is 2. The number of hydrogen-bond acceptors (Lipinski definition) is 6. The number of carbonyl (C=O) groups excluding carboxylic acids is 1. The molecule has 0 saturated carbocycles. The fourth-order valence-corrected chi connectivity index (χ4v) is 2.26. The van der Waals surface area contributed by atoms with Crippen LogP contribution >= 0.6 is 11.6 Å². The highest BCUT2D eigenvalue weighted by molar-refractivity contribution is 6.33. The van der Waals surface area contributed by atoms with E-state index in [9.17, 15) is 23.7 Å². The molecule has 2 aromatic rings. The minimum absolute atomic E-state index is 0.00273. The SMILES string of the molecule is COc1cc(NC(=O)Cn2nc([N+](=O)[O-])c(Cl)c2C)ccc1OC(F)F. The Balaban J connectivity index is 2.13. The van der Waals surface area contributed by atoms with Crippen LogP contribution in [0.3, 0.4) is 0 Å². The van der Waals surface area contributed by atoms with Crippen LogP contribution in [-0.4, -0.2) is 34.3 Å². The van der Waals surface area contributed by atoms with Crippen LogP contribution in [0.1, 0.15) is 5.69 Å². The molecular formula is C14H13ClF2N4O5. The Hall–Kier alpha value is -2.95. The first-order valence-electron chi connectivity index (χ1n) is 7.03. The van der Waals surface area contributed by atoms with Gasteiger partial charge in [0.1, 0.15) is 6.54 Å². The molecule has 1 N–H and O–H groups in total. The monoisotopic (exact) mass is 390 g/mol. The van der Waals surface area contributed by atoms with Crippen LogP contribution in [0.5, 0.6) is 11.5 Å². The number of amides is 1. The van der Waals surface area contributed by atoms with Gasteiger partial charge in [-0.15, -0.1) is 0 Å². The molecule has 0 bridgehead atoms. The van der Waals surface area contributed by atoms with Gasteiger partial charge in [0.25, 0.3) is 0 Å². The number of anilines is 1. The molecule has 140 valence electrons. The van der Waals surface area contributed by atoms with Crippen molar-refractivity contribution in [3.05, 3.63) is 39.0 Å². The molecule has 1 heterocycles. The minimum Gasteiger partial charge on any atom is -0.493 e. The maximum absolute atomic E-state index is 12.3. The van der Waals surface area contributed by atoms with Gasteiger partial charge in [0.15, 0.2) is 16.5 Å². The summed E-state index contributed by atoms with van der Waals surface area (Å²) >= 11 is 5.80. The predicted octanol–water partition coefficient (Wildman–Crippen LogP) is 3.00. The zero-order chi connectivity index (χ0) is 19.4. The van der Waals surface area contributed by atoms with Crippen LogP contribution in [-0.2, 0) is 11.3 Å². The maximum atomic E-state index is 12.3. The van der Waals surface area contributed by atoms with Crippen LogP contribution in [0.4, 0.5) is 20.3 Å². The Labute approximate surface area is 150 Å². The van der Waals surface area contributed by atoms with E-state index in [0.29, 0.717) is 0 Å². The topological polar surface area (TPSA) is 109 Å². The molecule has 0 aliphatic rings. The molecule has 12 heteroatoms. The molecule has 0 unspecified atom stereocenters. The Bertz CT molecular complexity index is 843. The summed E-state index contributed by atoms with van der Waals surface area (Å²) in [7, 11) is 1.26. The van der Waals surface area contributed by atoms with E-state index in [1.165, 1.54) is 32.2 Å². The number of nitrogens with zero attached hydrogens (tertiary/aromatic N) is 3. The molecule has 0 fully saturated rings. The van der Waals surface area contributed by atoms with E-state index >= 15 is 0 Å². The Kier molecular flexibility index (Phi) is 5.93. The van der Waals surface area contributed by atoms with Crippen molar-refractivity contribution in [1.29, 1.82) is 0 Å². The van der Waals surface area contributed by atoms with Gasteiger partial charge in [-0.25, -0.2) is 0 Å². The van der Waals surface area contributed by atoms with Crippen molar-refractivity contribution in [2.45, 2.75) is 20.1 Å². The van der Waals surface area contributed by atoms with Crippen molar-refractivity contribution in [3.8, 4) is 11.5 Å². The Morgan fingerprint density at radius 1 is 1.46 bits per heavy atom. The summed E-state index contributed by atoms with van der Waals surface area (Å²) in [6, 6.07) is 3.84. The zero-order valence-corrected chi connectivity index (χ0v) is 14.3. The summed E-state index contributed by atoms with van der Waals surface area (Å²) in [6.07, 6.45) is 0. The van der Waals surface area contributed by atoms with Crippen molar-refractivity contribution in [2.75, 3.05) is 12.4 Å². The van der Waals surface area contributed by atoms with E-state index in [1.807, 2.05) is 0 Å². The Morgan fingerprint density at radius 3 is 2.69 bits per heavy atom. The first kappa shape index (κ1) is 19.4. The highest BCUT2D eigenvalue weighted by Gasteiger charge is 2.25. The van der Waals surface area contributed by atoms with Gasteiger partial charge in [-0.05, 0) is 24.0 Å². The van der Waals surface area contributed by atoms with Crippen molar-refractivity contribution in [3.63, 3.8) is 0 Å². The molecular weight excluding hydrogens is 378 g/mol. The van der Waals surface area contributed by atoms with Gasteiger partial charge >= 0.3 is 12.4 Å². The van der Waals surface area contributed by atoms with E-state index in [-0.39, 0.29) is 34.4 Å². The average molecular weight is 391 g/mol. The number of benzene rings is 1. The molecule has 0 aliphatic carbocycles. The van der Waals surface area contributed by atoms with Gasteiger partial charge < -0.3 is 24.9 Å². The lowest BCUT2D eigenvalue weighted by Gasteiger charge is -2.12. The highest BCUT2D eigenvalue weighted by Crippen LogP contribution is 2.31. The standard InChI is InChI=1S/C14H13ClF2N4O5/c1-7-12(15)13(21(23)24)19-20(7)6-11(22)18-8-3-4-9(26-14(16)17)10(5-8)25-2/h3-5,14H,6H2,1-2H3,(H,18,22). The van der Waals surface area contributed by atoms with Crippen molar-refractivity contribution >= 4 is 29.0 Å². The van der Waals surface area contributed by atoms with Crippen LogP contribution in [0.25, 0.3) is 0 Å². The summed E-state index contributed by atoms with van der Waals surface area (Å²) in [5.74, 6) is -1.30. The van der Waals surface area contributed by atoms with Crippen LogP contribution < -0.4 is 14.8 Å². The summed E-state index contributed by atoms with van der Waals surface area (Å²) in [4.78, 5) is 22.2. The number of ether oxygens (including phenoxy) is 2. The van der Waals surface area contributed by atoms with Gasteiger partial charge in [-0.1, -0.05) is 11.6 Å². The van der Waals surface area contributed by atoms with Crippen molar-refractivity contribution in [1.82, 2.24) is 9.78 Å². The molecule has 0 saturated heterocycles. The fourth-order valence-electron chi connectivity index (χ4n) is 2.05. The normalized spacial score (nSPS) is 10.7. The molecule has 0 atom stereocenters. The van der Waals surface area contributed by atoms with Crippen LogP contribution in [0, 0.1) is 17.0 Å². The summed E-state index contributed by atoms with van der Waals surface area (Å²) in [6.45, 7) is -1.88. The lowest BCUT2D eigenvalue weighted by atomic mass is 10.2. The third-order valence-corrected chi connectivity index (χ3v) is 3.69. The second kappa shape index (κ2) is 7.95. The fraction of sp³-hybridized carbons (Fsp3) is 0.286. The number of carbonyl (C=O) groups is 1. The number of nitrogens with one attached hydrogen (secondary N) is 1. The number of hydrogen-bond donors (Lipinski definition) is 1. The quantitative estimate of drug-likeness (QED) is 0.575. The lowest BCUT2D eigenvalue weighted by molar-refractivity contribution is -0.389. The van der Waals surface area contributed by atoms with E-state index in [2.05, 4.69) is 15.2 Å². The second-order valence-corrected chi connectivity index (χ2v) is 5.31. The molecule has 2 rings (SSSR count). The third-order valence-electron chi connectivity index (χ3n) is 3.25. The van der Waals surface area contributed by atoms with Crippen LogP contribution in [0.15, 0.2) is 18.2 Å². The first-order valence-corrected chi connectivity index (χ1v) is 7.40. The van der Waals surface area contributed by atoms with Crippen LogP contribution in [0.2, 0.25) is 5.02 Å². The number of rotatable bonds is 7. The molecule has 0 spiro atoms. The van der Waals surface area contributed by atoms with Gasteiger partial charge in [0, 0.05) is 11.8 Å². The average Bonchev–Trinajstić information content (AvgIpc) is 2.84. The predicted molar refractivity (Wildman–Crippen MR) is 86.9 cm³/mol. The number of nitro groups is 1. The molecule has 26 heavy (non-hydrogen) atoms.